The van der Waals surface area contributed by atoms with Crippen LogP contribution in [0.15, 0.2) is 46.1 Å². The normalized spacial score (nSPS) is 11.6. The number of halogens is 1. The first-order valence-corrected chi connectivity index (χ1v) is 7.20. The van der Waals surface area contributed by atoms with E-state index < -0.39 is 15.8 Å². The number of benzene rings is 1. The van der Waals surface area contributed by atoms with Gasteiger partial charge in [0.15, 0.2) is 0 Å². The lowest BCUT2D eigenvalue weighted by Gasteiger charge is -2.06. The number of rotatable bonds is 6. The van der Waals surface area contributed by atoms with Crippen molar-refractivity contribution < 1.29 is 17.3 Å². The summed E-state index contributed by atoms with van der Waals surface area (Å²) >= 11 is 0. The fourth-order valence-electron chi connectivity index (χ4n) is 1.57. The highest BCUT2D eigenvalue weighted by Crippen LogP contribution is 2.10. The van der Waals surface area contributed by atoms with Crippen molar-refractivity contribution in [3.05, 3.63) is 48.1 Å². The highest BCUT2D eigenvalue weighted by Gasteiger charge is 2.13. The van der Waals surface area contributed by atoms with Gasteiger partial charge in [-0.2, -0.15) is 0 Å². The molecular formula is C12H13FN2O3S. The molecule has 0 aliphatic carbocycles. The van der Waals surface area contributed by atoms with Crippen LogP contribution in [0.5, 0.6) is 0 Å². The van der Waals surface area contributed by atoms with E-state index in [1.807, 2.05) is 0 Å². The van der Waals surface area contributed by atoms with Gasteiger partial charge in [0.2, 0.25) is 10.0 Å². The maximum Gasteiger partial charge on any atom is 0.240 e. The average molecular weight is 284 g/mol. The Labute approximate surface area is 110 Å². The Balaban J connectivity index is 1.88. The number of hydrogen-bond acceptors (Lipinski definition) is 4. The fraction of sp³-hybridized carbons (Fsp3) is 0.250. The lowest BCUT2D eigenvalue weighted by Crippen LogP contribution is -2.25. The van der Waals surface area contributed by atoms with Crippen LogP contribution in [-0.4, -0.2) is 20.1 Å². The van der Waals surface area contributed by atoms with Crippen LogP contribution < -0.4 is 4.72 Å². The summed E-state index contributed by atoms with van der Waals surface area (Å²) in [4.78, 5) is -0.0718. The lowest BCUT2D eigenvalue weighted by atomic mass is 10.2. The van der Waals surface area contributed by atoms with Crippen molar-refractivity contribution >= 4 is 10.0 Å². The lowest BCUT2D eigenvalue weighted by molar-refractivity contribution is 0.418. The highest BCUT2D eigenvalue weighted by atomic mass is 32.2. The molecule has 0 amide bonds. The SMILES string of the molecule is O=S(=O)(NCCCc1cnoc1)c1cccc(F)c1. The molecule has 1 aromatic heterocycles. The Morgan fingerprint density at radius 2 is 2.21 bits per heavy atom. The first-order valence-electron chi connectivity index (χ1n) is 5.71. The molecule has 0 radical (unpaired) electrons. The zero-order valence-corrected chi connectivity index (χ0v) is 10.9. The molecule has 7 heteroatoms. The first kappa shape index (κ1) is 13.7. The summed E-state index contributed by atoms with van der Waals surface area (Å²) in [6.45, 7) is 0.268. The van der Waals surface area contributed by atoms with E-state index in [4.69, 9.17) is 0 Å². The molecule has 0 saturated carbocycles. The van der Waals surface area contributed by atoms with E-state index in [1.54, 1.807) is 6.20 Å². The minimum Gasteiger partial charge on any atom is -0.364 e. The van der Waals surface area contributed by atoms with Gasteiger partial charge in [-0.25, -0.2) is 17.5 Å². The Morgan fingerprint density at radius 1 is 1.37 bits per heavy atom. The van der Waals surface area contributed by atoms with Crippen LogP contribution in [0.2, 0.25) is 0 Å². The molecule has 0 unspecified atom stereocenters. The molecule has 1 heterocycles. The molecule has 19 heavy (non-hydrogen) atoms. The molecule has 0 bridgehead atoms. The zero-order valence-electron chi connectivity index (χ0n) is 10.0. The third-order valence-electron chi connectivity index (χ3n) is 2.52. The van der Waals surface area contributed by atoms with Crippen LogP contribution in [0.3, 0.4) is 0 Å². The third-order valence-corrected chi connectivity index (χ3v) is 3.98. The zero-order chi connectivity index (χ0) is 13.7. The molecular weight excluding hydrogens is 271 g/mol. The second kappa shape index (κ2) is 5.94. The van der Waals surface area contributed by atoms with Crippen molar-refractivity contribution in [3.8, 4) is 0 Å². The van der Waals surface area contributed by atoms with E-state index in [9.17, 15) is 12.8 Å². The number of sulfonamides is 1. The molecule has 5 nitrogen and oxygen atoms in total. The van der Waals surface area contributed by atoms with E-state index >= 15 is 0 Å². The summed E-state index contributed by atoms with van der Waals surface area (Å²) in [5, 5.41) is 3.55. The van der Waals surface area contributed by atoms with Gasteiger partial charge >= 0.3 is 0 Å². The summed E-state index contributed by atoms with van der Waals surface area (Å²) < 4.78 is 43.7. The minimum absolute atomic E-state index is 0.0718. The van der Waals surface area contributed by atoms with Gasteiger partial charge in [-0.05, 0) is 31.0 Å². The minimum atomic E-state index is -3.65. The molecule has 0 spiro atoms. The smallest absolute Gasteiger partial charge is 0.240 e. The van der Waals surface area contributed by atoms with Crippen LogP contribution in [0, 0.1) is 5.82 Å². The van der Waals surface area contributed by atoms with Crippen molar-refractivity contribution in [2.45, 2.75) is 17.7 Å². The van der Waals surface area contributed by atoms with Crippen molar-refractivity contribution in [2.75, 3.05) is 6.54 Å². The summed E-state index contributed by atoms with van der Waals surface area (Å²) in [7, 11) is -3.65. The van der Waals surface area contributed by atoms with E-state index in [0.717, 1.165) is 11.6 Å². The molecule has 1 N–H and O–H groups in total. The van der Waals surface area contributed by atoms with E-state index in [-0.39, 0.29) is 11.4 Å². The van der Waals surface area contributed by atoms with Gasteiger partial charge in [0.25, 0.3) is 0 Å². The molecule has 0 fully saturated rings. The van der Waals surface area contributed by atoms with Crippen LogP contribution in [-0.2, 0) is 16.4 Å². The maximum absolute atomic E-state index is 13.0. The second-order valence-electron chi connectivity index (χ2n) is 3.99. The van der Waals surface area contributed by atoms with Crippen LogP contribution in [0.25, 0.3) is 0 Å². The average Bonchev–Trinajstić information content (AvgIpc) is 2.88. The summed E-state index contributed by atoms with van der Waals surface area (Å²) in [5.74, 6) is -0.577. The van der Waals surface area contributed by atoms with Crippen molar-refractivity contribution in [1.29, 1.82) is 0 Å². The van der Waals surface area contributed by atoms with E-state index in [0.29, 0.717) is 12.8 Å². The standard InChI is InChI=1S/C12H13FN2O3S/c13-11-4-1-5-12(7-11)19(16,17)15-6-2-3-10-8-14-18-9-10/h1,4-5,7-9,15H,2-3,6H2. The van der Waals surface area contributed by atoms with Gasteiger partial charge < -0.3 is 4.52 Å². The Morgan fingerprint density at radius 3 is 2.89 bits per heavy atom. The number of nitrogens with one attached hydrogen (secondary N) is 1. The fourth-order valence-corrected chi connectivity index (χ4v) is 2.67. The number of nitrogens with zero attached hydrogens (tertiary/aromatic N) is 1. The Kier molecular flexibility index (Phi) is 4.28. The molecule has 0 atom stereocenters. The van der Waals surface area contributed by atoms with E-state index in [1.165, 1.54) is 24.5 Å². The Bertz CT molecular complexity index is 626. The van der Waals surface area contributed by atoms with Gasteiger partial charge in [0.1, 0.15) is 12.1 Å². The third kappa shape index (κ3) is 3.87. The molecule has 2 rings (SSSR count). The second-order valence-corrected chi connectivity index (χ2v) is 5.76. The van der Waals surface area contributed by atoms with Crippen LogP contribution >= 0.6 is 0 Å². The van der Waals surface area contributed by atoms with Gasteiger partial charge in [-0.15, -0.1) is 0 Å². The molecule has 2 aromatic rings. The van der Waals surface area contributed by atoms with Crippen LogP contribution in [0.1, 0.15) is 12.0 Å². The molecule has 1 aromatic carbocycles. The molecule has 0 saturated heterocycles. The van der Waals surface area contributed by atoms with E-state index in [2.05, 4.69) is 14.4 Å². The topological polar surface area (TPSA) is 72.2 Å². The van der Waals surface area contributed by atoms with Crippen molar-refractivity contribution in [1.82, 2.24) is 9.88 Å². The van der Waals surface area contributed by atoms with Crippen molar-refractivity contribution in [2.24, 2.45) is 0 Å². The predicted octanol–water partition coefficient (Wildman–Crippen LogP) is 1.72. The predicted molar refractivity (Wildman–Crippen MR) is 66.4 cm³/mol. The monoisotopic (exact) mass is 284 g/mol. The molecule has 102 valence electrons. The van der Waals surface area contributed by atoms with Crippen molar-refractivity contribution in [3.63, 3.8) is 0 Å². The summed E-state index contributed by atoms with van der Waals surface area (Å²) in [6.07, 6.45) is 4.37. The quantitative estimate of drug-likeness (QED) is 0.820. The number of aromatic nitrogens is 1. The van der Waals surface area contributed by atoms with Gasteiger partial charge in [-0.1, -0.05) is 11.2 Å². The summed E-state index contributed by atoms with van der Waals surface area (Å²) in [5.41, 5.74) is 0.907. The summed E-state index contributed by atoms with van der Waals surface area (Å²) in [6, 6.07) is 4.90. The number of aryl methyl sites for hydroxylation is 1. The number of hydrogen-bond donors (Lipinski definition) is 1. The highest BCUT2D eigenvalue weighted by molar-refractivity contribution is 7.89. The largest absolute Gasteiger partial charge is 0.364 e. The first-order chi connectivity index (χ1) is 9.08. The van der Waals surface area contributed by atoms with Crippen LogP contribution in [0.4, 0.5) is 4.39 Å². The molecule has 0 aliphatic rings. The Hall–Kier alpha value is -1.73. The van der Waals surface area contributed by atoms with Gasteiger partial charge in [0, 0.05) is 12.1 Å². The maximum atomic E-state index is 13.0. The molecule has 0 aliphatic heterocycles. The van der Waals surface area contributed by atoms with Gasteiger partial charge in [0.05, 0.1) is 11.1 Å². The van der Waals surface area contributed by atoms with Gasteiger partial charge in [-0.3, -0.25) is 0 Å².